The number of nitrogens with two attached hydrogens (primary N) is 1. The van der Waals surface area contributed by atoms with Gasteiger partial charge in [-0.15, -0.1) is 19.4 Å². The minimum Gasteiger partial charge on any atom is -0.369 e. The molecule has 0 fully saturated rings. The lowest BCUT2D eigenvalue weighted by atomic mass is 10.3. The molecule has 0 aliphatic rings. The lowest BCUT2D eigenvalue weighted by Crippen LogP contribution is -2.31. The number of carbonyl (C=O) groups is 2. The van der Waals surface area contributed by atoms with Crippen LogP contribution in [0.2, 0.25) is 5.02 Å². The maximum Gasteiger partial charge on any atom is 0.232 e. The number of aldehydes is 1. The number of nitrogens with zero attached hydrogens (tertiary/aromatic N) is 1. The summed E-state index contributed by atoms with van der Waals surface area (Å²) >= 11 is 5.61. The summed E-state index contributed by atoms with van der Waals surface area (Å²) in [5.41, 5.74) is 6.21. The monoisotopic (exact) mass is 526 g/mol. The molecule has 0 aromatic heterocycles. The number of allylic oxidation sites excluding steroid dienone is 4. The number of hydrogen-bond donors (Lipinski definition) is 1. The van der Waals surface area contributed by atoms with Crippen LogP contribution in [-0.2, 0) is 20.6 Å². The van der Waals surface area contributed by atoms with E-state index in [4.69, 9.17) is 22.1 Å². The molecule has 35 heavy (non-hydrogen) atoms. The van der Waals surface area contributed by atoms with Gasteiger partial charge in [0.05, 0.1) is 11.6 Å². The quantitative estimate of drug-likeness (QED) is 0.197. The number of terminal acetylenes is 1. The lowest BCUT2D eigenvalue weighted by Gasteiger charge is -2.11. The summed E-state index contributed by atoms with van der Waals surface area (Å²) in [5, 5.41) is 0.397. The summed E-state index contributed by atoms with van der Waals surface area (Å²) < 4.78 is 13.0. The normalized spacial score (nSPS) is 9.17. The first-order valence-electron chi connectivity index (χ1n) is 10.9. The molecule has 0 bridgehead atoms. The molecule has 200 valence electrons. The maximum absolute atomic E-state index is 11.7. The zero-order chi connectivity index (χ0) is 29.4. The number of primary amides is 1. The second-order valence-electron chi connectivity index (χ2n) is 6.41. The molecule has 7 heteroatoms. The van der Waals surface area contributed by atoms with E-state index in [2.05, 4.69) is 58.9 Å². The van der Waals surface area contributed by atoms with E-state index in [1.54, 1.807) is 18.2 Å². The summed E-state index contributed by atoms with van der Waals surface area (Å²) in [6, 6.07) is 8.35. The highest BCUT2D eigenvalue weighted by atomic mass is 35.5. The highest BCUT2D eigenvalue weighted by Gasteiger charge is 2.12. The Morgan fingerprint density at radius 3 is 1.74 bits per heavy atom. The molecular weight excluding hydrogens is 480 g/mol. The van der Waals surface area contributed by atoms with Crippen molar-refractivity contribution in [3.8, 4) is 12.8 Å². The average molecular weight is 527 g/mol. The first-order chi connectivity index (χ1) is 16.4. The van der Waals surface area contributed by atoms with Crippen LogP contribution in [0.3, 0.4) is 0 Å². The van der Waals surface area contributed by atoms with E-state index >= 15 is 0 Å². The molecule has 0 spiro atoms. The Kier molecular flexibility index (Phi) is 50.5. The minimum absolute atomic E-state index is 0.0803. The van der Waals surface area contributed by atoms with E-state index in [1.807, 2.05) is 46.8 Å². The molecule has 1 aromatic carbocycles. The minimum atomic E-state index is -1.47. The van der Waals surface area contributed by atoms with Crippen LogP contribution in [0.25, 0.3) is 0 Å². The van der Waals surface area contributed by atoms with Gasteiger partial charge < -0.3 is 10.5 Å². The van der Waals surface area contributed by atoms with E-state index in [1.165, 1.54) is 23.8 Å². The van der Waals surface area contributed by atoms with Gasteiger partial charge in [-0.3, -0.25) is 4.79 Å². The van der Waals surface area contributed by atoms with Gasteiger partial charge in [0, 0.05) is 7.05 Å². The van der Waals surface area contributed by atoms with Crippen LogP contribution in [0.5, 0.6) is 0 Å². The van der Waals surface area contributed by atoms with Crippen LogP contribution in [-0.4, -0.2) is 34.3 Å². The maximum atomic E-state index is 11.7. The SMILES string of the molecule is C#C.C=C/C(C)=C\C.C=CC.CC.CC(C)C.CC=O.CN(CC(N)=O)S(=O)c1c#cc(Cl)cc1. The van der Waals surface area contributed by atoms with Gasteiger partial charge in [0.2, 0.25) is 5.91 Å². The second-order valence-corrected chi connectivity index (χ2v) is 8.38. The molecule has 1 aromatic rings. The third kappa shape index (κ3) is 49.5. The second kappa shape index (κ2) is 38.6. The van der Waals surface area contributed by atoms with Gasteiger partial charge in [0.1, 0.15) is 22.2 Å². The van der Waals surface area contributed by atoms with Crippen LogP contribution in [0.15, 0.2) is 54.0 Å². The molecule has 2 N–H and O–H groups in total. The molecule has 5 nitrogen and oxygen atoms in total. The van der Waals surface area contributed by atoms with E-state index < -0.39 is 16.9 Å². The van der Waals surface area contributed by atoms with Crippen molar-refractivity contribution in [2.75, 3.05) is 13.6 Å². The molecule has 0 aliphatic heterocycles. The number of carbonyl (C=O) groups excluding carboxylic acids is 2. The van der Waals surface area contributed by atoms with Crippen LogP contribution >= 0.6 is 11.6 Å². The molecule has 0 aliphatic carbocycles. The number of halogens is 1. The summed E-state index contributed by atoms with van der Waals surface area (Å²) in [5.74, 6) is 0.295. The van der Waals surface area contributed by atoms with Crippen molar-refractivity contribution < 1.29 is 13.8 Å². The zero-order valence-corrected chi connectivity index (χ0v) is 24.9. The number of hydrogen-bond acceptors (Lipinski definition) is 3. The molecule has 0 saturated heterocycles. The smallest absolute Gasteiger partial charge is 0.232 e. The summed E-state index contributed by atoms with van der Waals surface area (Å²) in [7, 11) is 0.0611. The third-order valence-corrected chi connectivity index (χ3v) is 3.84. The number of likely N-dealkylation sites (N-methyl/N-ethyl adjacent to an activating group) is 1. The Morgan fingerprint density at radius 1 is 1.17 bits per heavy atom. The fourth-order valence-electron chi connectivity index (χ4n) is 1.02. The Balaban J connectivity index is -0.0000000873. The van der Waals surface area contributed by atoms with Gasteiger partial charge >= 0.3 is 0 Å². The van der Waals surface area contributed by atoms with Crippen molar-refractivity contribution in [3.63, 3.8) is 0 Å². The first kappa shape index (κ1) is 45.8. The number of amides is 1. The molecule has 1 unspecified atom stereocenters. The summed E-state index contributed by atoms with van der Waals surface area (Å²) in [6.07, 6.45) is 14.4. The van der Waals surface area contributed by atoms with Gasteiger partial charge in [-0.2, -0.15) is 0 Å². The third-order valence-electron chi connectivity index (χ3n) is 2.31. The van der Waals surface area contributed by atoms with Crippen LogP contribution in [0.4, 0.5) is 0 Å². The molecule has 1 atom stereocenters. The van der Waals surface area contributed by atoms with Gasteiger partial charge in [0.15, 0.2) is 0 Å². The highest BCUT2D eigenvalue weighted by molar-refractivity contribution is 7.82. The van der Waals surface area contributed by atoms with Crippen molar-refractivity contribution >= 4 is 34.8 Å². The summed E-state index contributed by atoms with van der Waals surface area (Å²) in [6.45, 7) is 24.7. The highest BCUT2D eigenvalue weighted by Crippen LogP contribution is 2.09. The van der Waals surface area contributed by atoms with Gasteiger partial charge in [-0.25, -0.2) is 8.51 Å². The Morgan fingerprint density at radius 2 is 1.54 bits per heavy atom. The van der Waals surface area contributed by atoms with E-state index in [-0.39, 0.29) is 6.54 Å². The largest absolute Gasteiger partial charge is 0.369 e. The fraction of sp³-hybridized carbons (Fsp3) is 0.429. The van der Waals surface area contributed by atoms with Crippen molar-refractivity contribution in [2.24, 2.45) is 11.7 Å². The molecule has 0 radical (unpaired) electrons. The van der Waals surface area contributed by atoms with Gasteiger partial charge in [-0.1, -0.05) is 76.6 Å². The predicted molar refractivity (Wildman–Crippen MR) is 156 cm³/mol. The van der Waals surface area contributed by atoms with Crippen LogP contribution in [0.1, 0.15) is 62.3 Å². The topological polar surface area (TPSA) is 80.5 Å². The molecular formula is C28H47ClN2O3S. The standard InChI is InChI=1S/C9H9ClN2O2S.C6H10.C4H10.C3H6.C2H4O.C2H6.C2H2/c1-12(6-9(11)13)15(14)8-4-2-7(10)3-5-8;1-4-6(3)5-2;1-4(2)3;1-3-2;1-2-3;2*1-2/h2,4H,6H2,1H3,(H2,11,13);4-5H,1H2,2-3H3;4H,1-3H3;3H,1H2,2H3;2H,1H3;1-2H3;1-2H/b;6-5-;;;;;. The van der Waals surface area contributed by atoms with Gasteiger partial charge in [0.25, 0.3) is 0 Å². The Bertz CT molecular complexity index is 689. The predicted octanol–water partition coefficient (Wildman–Crippen LogP) is 6.85. The molecule has 1 rings (SSSR count). The Labute approximate surface area is 224 Å². The van der Waals surface area contributed by atoms with Crippen molar-refractivity contribution in [1.29, 1.82) is 0 Å². The molecule has 0 heterocycles. The first-order valence-corrected chi connectivity index (χ1v) is 12.4. The summed E-state index contributed by atoms with van der Waals surface area (Å²) in [4.78, 5) is 19.8. The Hall–Kier alpha value is -2.64. The van der Waals surface area contributed by atoms with E-state index in [9.17, 15) is 9.00 Å². The fourth-order valence-corrected chi connectivity index (χ4v) is 2.03. The lowest BCUT2D eigenvalue weighted by molar-refractivity contribution is -0.118. The molecule has 1 amide bonds. The van der Waals surface area contributed by atoms with Crippen molar-refractivity contribution in [2.45, 2.75) is 67.2 Å². The zero-order valence-electron chi connectivity index (χ0n) is 23.4. The average Bonchev–Trinajstić information content (AvgIpc) is 2.82. The van der Waals surface area contributed by atoms with Crippen molar-refractivity contribution in [1.82, 2.24) is 4.31 Å². The van der Waals surface area contributed by atoms with E-state index in [0.29, 0.717) is 9.92 Å². The van der Waals surface area contributed by atoms with Crippen LogP contribution < -0.4 is 5.73 Å². The van der Waals surface area contributed by atoms with Crippen molar-refractivity contribution in [3.05, 3.63) is 66.2 Å². The van der Waals surface area contributed by atoms with Crippen LogP contribution in [0, 0.1) is 30.9 Å². The number of rotatable bonds is 5. The van der Waals surface area contributed by atoms with E-state index in [0.717, 1.165) is 12.2 Å². The molecule has 0 saturated carbocycles. The van der Waals surface area contributed by atoms with Gasteiger partial charge in [-0.05, 0) is 57.9 Å².